The molecule has 1 N–H and O–H groups in total. The van der Waals surface area contributed by atoms with Crippen LogP contribution in [0.15, 0.2) is 16.9 Å². The van der Waals surface area contributed by atoms with Crippen LogP contribution < -0.4 is 10.9 Å². The summed E-state index contributed by atoms with van der Waals surface area (Å²) in [5, 5.41) is 3.00. The van der Waals surface area contributed by atoms with E-state index in [1.54, 1.807) is 0 Å². The van der Waals surface area contributed by atoms with Crippen molar-refractivity contribution in [3.63, 3.8) is 0 Å². The van der Waals surface area contributed by atoms with Gasteiger partial charge in [0.1, 0.15) is 0 Å². The molecule has 4 atom stereocenters. The van der Waals surface area contributed by atoms with Gasteiger partial charge in [-0.2, -0.15) is 0 Å². The molecule has 152 valence electrons. The average molecular weight is 386 g/mol. The molecule has 0 saturated carbocycles. The quantitative estimate of drug-likeness (QED) is 0.852. The lowest BCUT2D eigenvalue weighted by Gasteiger charge is -2.43. The Morgan fingerprint density at radius 1 is 1.21 bits per heavy atom. The van der Waals surface area contributed by atoms with E-state index >= 15 is 0 Å². The number of likely N-dealkylation sites (tertiary alicyclic amines) is 2. The fourth-order valence-corrected chi connectivity index (χ4v) is 5.51. The number of hydrogen-bond donors (Lipinski definition) is 1. The third-order valence-electron chi connectivity index (χ3n) is 6.77. The number of nitrogens with one attached hydrogen (secondary N) is 1. The molecule has 1 aromatic heterocycles. The number of aromatic nitrogens is 1. The summed E-state index contributed by atoms with van der Waals surface area (Å²) < 4.78 is 7.68. The van der Waals surface area contributed by atoms with Crippen LogP contribution in [0.2, 0.25) is 0 Å². The maximum Gasteiger partial charge on any atom is 0.317 e. The topological polar surface area (TPSA) is 66.8 Å². The van der Waals surface area contributed by atoms with Crippen LogP contribution in [0, 0.1) is 5.92 Å². The number of rotatable bonds is 3. The second-order valence-electron chi connectivity index (χ2n) is 9.28. The largest absolute Gasteiger partial charge is 0.375 e. The molecule has 5 heterocycles. The number of ether oxygens (including phenoxy) is 1. The SMILES string of the molecule is CC(C)NC(=O)N1C[C@@H]2C[C@H](C1)c1ccc(CN3C[C@H]4C[C@@H]3CO4)c(=O)n1C2. The Labute approximate surface area is 165 Å². The number of carbonyl (C=O) groups excluding carboxylic acids is 1. The molecule has 28 heavy (non-hydrogen) atoms. The molecule has 0 spiro atoms. The van der Waals surface area contributed by atoms with Gasteiger partial charge in [0.15, 0.2) is 0 Å². The van der Waals surface area contributed by atoms with Crippen molar-refractivity contribution in [1.29, 1.82) is 0 Å². The van der Waals surface area contributed by atoms with Gasteiger partial charge in [-0.3, -0.25) is 9.69 Å². The van der Waals surface area contributed by atoms with Gasteiger partial charge in [-0.15, -0.1) is 0 Å². The van der Waals surface area contributed by atoms with Gasteiger partial charge in [0.2, 0.25) is 0 Å². The molecule has 4 bridgehead atoms. The van der Waals surface area contributed by atoms with E-state index in [1.165, 1.54) is 0 Å². The molecule has 0 aliphatic carbocycles. The van der Waals surface area contributed by atoms with Crippen molar-refractivity contribution in [1.82, 2.24) is 19.7 Å². The summed E-state index contributed by atoms with van der Waals surface area (Å²) in [5.74, 6) is 0.608. The van der Waals surface area contributed by atoms with Crippen molar-refractivity contribution < 1.29 is 9.53 Å². The highest BCUT2D eigenvalue weighted by Gasteiger charge is 2.40. The van der Waals surface area contributed by atoms with Gasteiger partial charge in [0.05, 0.1) is 12.7 Å². The minimum Gasteiger partial charge on any atom is -0.375 e. The fourth-order valence-electron chi connectivity index (χ4n) is 5.51. The normalized spacial score (nSPS) is 31.3. The highest BCUT2D eigenvalue weighted by atomic mass is 16.5. The standard InChI is InChI=1S/C21H30N4O3/c1-13(2)22-21(27)24-7-14-5-16(10-24)19-4-3-15(20(26)25(19)8-14)9-23-11-18-6-17(23)12-28-18/h3-4,13-14,16-18H,5-12H2,1-2H3,(H,22,27)/t14-,16+,17+,18+/m0/s1. The lowest BCUT2D eigenvalue weighted by atomic mass is 9.83. The van der Waals surface area contributed by atoms with Crippen molar-refractivity contribution >= 4 is 6.03 Å². The summed E-state index contributed by atoms with van der Waals surface area (Å²) in [7, 11) is 0. The number of pyridine rings is 1. The smallest absolute Gasteiger partial charge is 0.317 e. The maximum atomic E-state index is 13.2. The third-order valence-corrected chi connectivity index (χ3v) is 6.77. The predicted molar refractivity (Wildman–Crippen MR) is 105 cm³/mol. The van der Waals surface area contributed by atoms with E-state index in [0.717, 1.165) is 56.9 Å². The van der Waals surface area contributed by atoms with Crippen molar-refractivity contribution in [3.05, 3.63) is 33.7 Å². The number of piperidine rings is 1. The first kappa shape index (κ1) is 18.2. The van der Waals surface area contributed by atoms with Crippen molar-refractivity contribution in [2.24, 2.45) is 5.92 Å². The molecule has 2 amide bonds. The van der Waals surface area contributed by atoms with E-state index in [2.05, 4.69) is 16.3 Å². The van der Waals surface area contributed by atoms with Gasteiger partial charge >= 0.3 is 6.03 Å². The number of morpholine rings is 1. The predicted octanol–water partition coefficient (Wildman–Crippen LogP) is 1.36. The third kappa shape index (κ3) is 3.14. The van der Waals surface area contributed by atoms with Crippen LogP contribution in [-0.4, -0.2) is 64.8 Å². The van der Waals surface area contributed by atoms with Crippen LogP contribution in [0.1, 0.15) is 43.9 Å². The number of urea groups is 1. The lowest BCUT2D eigenvalue weighted by Crippen LogP contribution is -2.53. The molecule has 3 saturated heterocycles. The van der Waals surface area contributed by atoms with E-state index in [0.29, 0.717) is 24.6 Å². The summed E-state index contributed by atoms with van der Waals surface area (Å²) in [6.45, 7) is 8.58. The number of hydrogen-bond acceptors (Lipinski definition) is 4. The molecule has 5 rings (SSSR count). The second-order valence-corrected chi connectivity index (χ2v) is 9.28. The van der Waals surface area contributed by atoms with E-state index in [4.69, 9.17) is 4.74 Å². The van der Waals surface area contributed by atoms with E-state index in [1.807, 2.05) is 29.4 Å². The molecular weight excluding hydrogens is 356 g/mol. The summed E-state index contributed by atoms with van der Waals surface area (Å²) in [6.07, 6.45) is 2.52. The summed E-state index contributed by atoms with van der Waals surface area (Å²) in [6, 6.07) is 4.78. The second kappa shape index (κ2) is 6.88. The van der Waals surface area contributed by atoms with Crippen LogP contribution in [0.5, 0.6) is 0 Å². The van der Waals surface area contributed by atoms with Crippen molar-refractivity contribution in [2.45, 2.75) is 63.9 Å². The summed E-state index contributed by atoms with van der Waals surface area (Å²) >= 11 is 0. The molecule has 7 heteroatoms. The first-order valence-corrected chi connectivity index (χ1v) is 10.6. The molecule has 0 aromatic carbocycles. The van der Waals surface area contributed by atoms with E-state index < -0.39 is 0 Å². The van der Waals surface area contributed by atoms with Crippen LogP contribution in [-0.2, 0) is 17.8 Å². The zero-order valence-corrected chi connectivity index (χ0v) is 16.8. The number of carbonyl (C=O) groups is 1. The van der Waals surface area contributed by atoms with Crippen molar-refractivity contribution in [2.75, 3.05) is 26.2 Å². The Balaban J connectivity index is 1.35. The van der Waals surface area contributed by atoms with Crippen LogP contribution in [0.25, 0.3) is 0 Å². The minimum atomic E-state index is 0.0171. The van der Waals surface area contributed by atoms with E-state index in [9.17, 15) is 9.59 Å². The molecular formula is C21H30N4O3. The Morgan fingerprint density at radius 2 is 2.07 bits per heavy atom. The average Bonchev–Trinajstić information content (AvgIpc) is 3.27. The molecule has 0 unspecified atom stereocenters. The minimum absolute atomic E-state index is 0.0171. The van der Waals surface area contributed by atoms with Crippen LogP contribution in [0.3, 0.4) is 0 Å². The Kier molecular flexibility index (Phi) is 4.47. The van der Waals surface area contributed by atoms with Gasteiger partial charge in [-0.25, -0.2) is 4.79 Å². The Morgan fingerprint density at radius 3 is 2.79 bits per heavy atom. The number of fused-ring (bicyclic) bond motifs is 6. The Bertz CT molecular complexity index is 835. The lowest BCUT2D eigenvalue weighted by molar-refractivity contribution is 0.0270. The monoisotopic (exact) mass is 386 g/mol. The van der Waals surface area contributed by atoms with Gasteiger partial charge in [0, 0.05) is 62.0 Å². The van der Waals surface area contributed by atoms with Crippen LogP contribution in [0.4, 0.5) is 4.79 Å². The zero-order chi connectivity index (χ0) is 19.4. The zero-order valence-electron chi connectivity index (χ0n) is 16.8. The van der Waals surface area contributed by atoms with Gasteiger partial charge in [-0.1, -0.05) is 6.07 Å². The van der Waals surface area contributed by atoms with Gasteiger partial charge < -0.3 is 19.5 Å². The highest BCUT2D eigenvalue weighted by Crippen LogP contribution is 2.35. The summed E-state index contributed by atoms with van der Waals surface area (Å²) in [4.78, 5) is 30.0. The van der Waals surface area contributed by atoms with Gasteiger partial charge in [-0.05, 0) is 38.7 Å². The summed E-state index contributed by atoms with van der Waals surface area (Å²) in [5.41, 5.74) is 2.15. The first-order chi connectivity index (χ1) is 13.5. The number of amides is 2. The molecule has 4 aliphatic heterocycles. The molecule has 1 aromatic rings. The van der Waals surface area contributed by atoms with E-state index in [-0.39, 0.29) is 23.6 Å². The first-order valence-electron chi connectivity index (χ1n) is 10.6. The Hall–Kier alpha value is -1.86. The number of nitrogens with zero attached hydrogens (tertiary/aromatic N) is 3. The molecule has 7 nitrogen and oxygen atoms in total. The van der Waals surface area contributed by atoms with Crippen molar-refractivity contribution in [3.8, 4) is 0 Å². The van der Waals surface area contributed by atoms with Crippen LogP contribution >= 0.6 is 0 Å². The van der Waals surface area contributed by atoms with Gasteiger partial charge in [0.25, 0.3) is 5.56 Å². The highest BCUT2D eigenvalue weighted by molar-refractivity contribution is 5.74. The molecule has 4 aliphatic rings. The maximum absolute atomic E-state index is 13.2. The molecule has 3 fully saturated rings. The fraction of sp³-hybridized carbons (Fsp3) is 0.714. The molecule has 0 radical (unpaired) electrons.